The predicted molar refractivity (Wildman–Crippen MR) is 73.2 cm³/mol. The largest absolute Gasteiger partial charge is 0.481 e. The van der Waals surface area contributed by atoms with Gasteiger partial charge in [0, 0.05) is 12.5 Å². The summed E-state index contributed by atoms with van der Waals surface area (Å²) in [5.41, 5.74) is -0.159. The normalized spacial score (nSPS) is 30.7. The van der Waals surface area contributed by atoms with Gasteiger partial charge in [-0.25, -0.2) is 0 Å². The summed E-state index contributed by atoms with van der Waals surface area (Å²) in [6.45, 7) is 7.23. The molecule has 0 saturated heterocycles. The van der Waals surface area contributed by atoms with Crippen LogP contribution in [0, 0.1) is 29.6 Å². The molecule has 1 fully saturated rings. The van der Waals surface area contributed by atoms with E-state index in [1.54, 1.807) is 0 Å². The Bertz CT molecular complexity index is 330. The molecule has 0 radical (unpaired) electrons. The summed E-state index contributed by atoms with van der Waals surface area (Å²) in [6.07, 6.45) is 8.72. The van der Waals surface area contributed by atoms with E-state index in [1.807, 2.05) is 0 Å². The monoisotopic (exact) mass is 251 g/mol. The van der Waals surface area contributed by atoms with Gasteiger partial charge in [-0.05, 0) is 37.1 Å². The van der Waals surface area contributed by atoms with Gasteiger partial charge in [0.15, 0.2) is 0 Å². The van der Waals surface area contributed by atoms with Crippen LogP contribution < -0.4 is 5.32 Å². The highest BCUT2D eigenvalue weighted by molar-refractivity contribution is 5.71. The average molecular weight is 251 g/mol. The molecule has 1 rings (SSSR count). The second kappa shape index (κ2) is 6.24. The van der Waals surface area contributed by atoms with E-state index < -0.39 is 5.97 Å². The van der Waals surface area contributed by atoms with Gasteiger partial charge in [0.25, 0.3) is 0 Å². The van der Waals surface area contributed by atoms with Crippen molar-refractivity contribution in [2.75, 3.05) is 6.54 Å². The molecule has 1 saturated carbocycles. The molecular formula is C15H25NO2. The fourth-order valence-electron chi connectivity index (χ4n) is 3.00. The molecule has 0 aromatic carbocycles. The van der Waals surface area contributed by atoms with E-state index in [-0.39, 0.29) is 11.3 Å². The molecule has 3 unspecified atom stereocenters. The van der Waals surface area contributed by atoms with E-state index in [4.69, 9.17) is 6.42 Å². The lowest BCUT2D eigenvalue weighted by molar-refractivity contribution is -0.150. The summed E-state index contributed by atoms with van der Waals surface area (Å²) in [6, 6.07) is 0.411. The van der Waals surface area contributed by atoms with E-state index in [2.05, 4.69) is 32.0 Å². The third-order valence-corrected chi connectivity index (χ3v) is 4.64. The van der Waals surface area contributed by atoms with Gasteiger partial charge in [-0.2, -0.15) is 0 Å². The first-order valence-corrected chi connectivity index (χ1v) is 6.81. The number of unbranched alkanes of at least 4 members (excludes halogenated alkanes) is 1. The Morgan fingerprint density at radius 3 is 2.72 bits per heavy atom. The standard InChI is InChI=1S/C15H25NO2/c1-5-6-7-10-16-13-9-8-12(14(17)18)15(3,4)11(13)2/h1,11-13,16H,6-10H2,2-4H3,(H,17,18). The van der Waals surface area contributed by atoms with Crippen molar-refractivity contribution < 1.29 is 9.90 Å². The Morgan fingerprint density at radius 1 is 1.50 bits per heavy atom. The molecule has 18 heavy (non-hydrogen) atoms. The molecule has 3 heteroatoms. The highest BCUT2D eigenvalue weighted by Gasteiger charge is 2.45. The highest BCUT2D eigenvalue weighted by Crippen LogP contribution is 2.44. The summed E-state index contributed by atoms with van der Waals surface area (Å²) in [7, 11) is 0. The number of hydrogen-bond donors (Lipinski definition) is 2. The van der Waals surface area contributed by atoms with E-state index in [9.17, 15) is 9.90 Å². The first-order chi connectivity index (χ1) is 8.41. The fraction of sp³-hybridized carbons (Fsp3) is 0.800. The maximum Gasteiger partial charge on any atom is 0.307 e. The number of carboxylic acids is 1. The van der Waals surface area contributed by atoms with Crippen molar-refractivity contribution in [1.29, 1.82) is 0 Å². The van der Waals surface area contributed by atoms with Crippen molar-refractivity contribution in [2.45, 2.75) is 52.5 Å². The molecule has 0 spiro atoms. The van der Waals surface area contributed by atoms with Crippen LogP contribution in [-0.2, 0) is 4.79 Å². The van der Waals surface area contributed by atoms with Crippen LogP contribution in [0.15, 0.2) is 0 Å². The summed E-state index contributed by atoms with van der Waals surface area (Å²) in [4.78, 5) is 11.3. The molecule has 0 aromatic heterocycles. The van der Waals surface area contributed by atoms with Crippen LogP contribution >= 0.6 is 0 Å². The van der Waals surface area contributed by atoms with Crippen molar-refractivity contribution in [2.24, 2.45) is 17.3 Å². The van der Waals surface area contributed by atoms with Gasteiger partial charge >= 0.3 is 5.97 Å². The van der Waals surface area contributed by atoms with Gasteiger partial charge in [-0.3, -0.25) is 4.79 Å². The third-order valence-electron chi connectivity index (χ3n) is 4.64. The number of aliphatic carboxylic acids is 1. The van der Waals surface area contributed by atoms with Crippen molar-refractivity contribution in [3.8, 4) is 12.3 Å². The van der Waals surface area contributed by atoms with Crippen LogP contribution in [-0.4, -0.2) is 23.7 Å². The summed E-state index contributed by atoms with van der Waals surface area (Å²) in [5, 5.41) is 12.8. The van der Waals surface area contributed by atoms with Crippen molar-refractivity contribution in [3.05, 3.63) is 0 Å². The van der Waals surface area contributed by atoms with Crippen LogP contribution in [0.3, 0.4) is 0 Å². The second-order valence-corrected chi connectivity index (χ2v) is 5.95. The Labute approximate surface area is 110 Å². The lowest BCUT2D eigenvalue weighted by atomic mass is 9.61. The molecule has 3 atom stereocenters. The molecule has 102 valence electrons. The zero-order valence-corrected chi connectivity index (χ0v) is 11.7. The minimum absolute atomic E-state index is 0.159. The number of carboxylic acid groups (broad SMARTS) is 1. The first kappa shape index (κ1) is 15.0. The smallest absolute Gasteiger partial charge is 0.307 e. The van der Waals surface area contributed by atoms with E-state index in [0.717, 1.165) is 32.2 Å². The highest BCUT2D eigenvalue weighted by atomic mass is 16.4. The number of rotatable bonds is 5. The van der Waals surface area contributed by atoms with Crippen LogP contribution in [0.2, 0.25) is 0 Å². The molecule has 0 heterocycles. The number of hydrogen-bond acceptors (Lipinski definition) is 2. The first-order valence-electron chi connectivity index (χ1n) is 6.81. The van der Waals surface area contributed by atoms with Gasteiger partial charge in [0.05, 0.1) is 5.92 Å². The van der Waals surface area contributed by atoms with Gasteiger partial charge in [0.2, 0.25) is 0 Å². The Kier molecular flexibility index (Phi) is 5.22. The molecule has 3 nitrogen and oxygen atoms in total. The predicted octanol–water partition coefficient (Wildman–Crippen LogP) is 2.51. The number of carbonyl (C=O) groups is 1. The van der Waals surface area contributed by atoms with E-state index >= 15 is 0 Å². The maximum atomic E-state index is 11.3. The molecule has 1 aliphatic rings. The average Bonchev–Trinajstić information content (AvgIpc) is 2.29. The van der Waals surface area contributed by atoms with Crippen molar-refractivity contribution in [3.63, 3.8) is 0 Å². The van der Waals surface area contributed by atoms with E-state index in [0.29, 0.717) is 12.0 Å². The minimum Gasteiger partial charge on any atom is -0.481 e. The molecule has 2 N–H and O–H groups in total. The zero-order chi connectivity index (χ0) is 13.8. The number of terminal acetylenes is 1. The lowest BCUT2D eigenvalue weighted by Crippen LogP contribution is -2.51. The fourth-order valence-corrected chi connectivity index (χ4v) is 3.00. The molecule has 0 amide bonds. The Balaban J connectivity index is 2.56. The van der Waals surface area contributed by atoms with Crippen molar-refractivity contribution >= 4 is 5.97 Å². The summed E-state index contributed by atoms with van der Waals surface area (Å²) >= 11 is 0. The second-order valence-electron chi connectivity index (χ2n) is 5.95. The van der Waals surface area contributed by atoms with Crippen LogP contribution in [0.5, 0.6) is 0 Å². The minimum atomic E-state index is -0.655. The van der Waals surface area contributed by atoms with E-state index in [1.165, 1.54) is 0 Å². The lowest BCUT2D eigenvalue weighted by Gasteiger charge is -2.46. The molecule has 1 aliphatic carbocycles. The maximum absolute atomic E-state index is 11.3. The topological polar surface area (TPSA) is 49.3 Å². The van der Waals surface area contributed by atoms with Gasteiger partial charge in [-0.15, -0.1) is 12.3 Å². The Hall–Kier alpha value is -1.01. The summed E-state index contributed by atoms with van der Waals surface area (Å²) < 4.78 is 0. The van der Waals surface area contributed by atoms with Crippen LogP contribution in [0.1, 0.15) is 46.5 Å². The zero-order valence-electron chi connectivity index (χ0n) is 11.7. The molecule has 0 aromatic rings. The molecule has 0 aliphatic heterocycles. The van der Waals surface area contributed by atoms with Crippen molar-refractivity contribution in [1.82, 2.24) is 5.32 Å². The molecule has 0 bridgehead atoms. The third kappa shape index (κ3) is 3.26. The SMILES string of the molecule is C#CCCCNC1CCC(C(=O)O)C(C)(C)C1C. The van der Waals surface area contributed by atoms with Gasteiger partial charge < -0.3 is 10.4 Å². The molecular weight excluding hydrogens is 226 g/mol. The number of nitrogens with one attached hydrogen (secondary N) is 1. The van der Waals surface area contributed by atoms with Gasteiger partial charge in [-0.1, -0.05) is 20.8 Å². The Morgan fingerprint density at radius 2 is 2.17 bits per heavy atom. The van der Waals surface area contributed by atoms with Crippen LogP contribution in [0.4, 0.5) is 0 Å². The quantitative estimate of drug-likeness (QED) is 0.583. The summed E-state index contributed by atoms with van der Waals surface area (Å²) in [5.74, 6) is 2.12. The van der Waals surface area contributed by atoms with Gasteiger partial charge in [0.1, 0.15) is 0 Å². The van der Waals surface area contributed by atoms with Crippen LogP contribution in [0.25, 0.3) is 0 Å².